The number of carbonyl (C=O) groups excluding carboxylic acids is 1. The molecule has 1 aliphatic rings. The molecule has 0 bridgehead atoms. The molecule has 0 unspecified atom stereocenters. The van der Waals surface area contributed by atoms with Crippen LogP contribution in [0.3, 0.4) is 0 Å². The fourth-order valence-corrected chi connectivity index (χ4v) is 3.73. The van der Waals surface area contributed by atoms with Crippen molar-refractivity contribution in [1.82, 2.24) is 24.5 Å². The largest absolute Gasteiger partial charge is 0.436 e. The van der Waals surface area contributed by atoms with E-state index in [4.69, 9.17) is 11.6 Å². The fraction of sp³-hybridized carbons (Fsp3) is 0.611. The molecule has 2 aromatic rings. The van der Waals surface area contributed by atoms with E-state index in [9.17, 15) is 18.0 Å². The van der Waals surface area contributed by atoms with Crippen molar-refractivity contribution in [2.75, 3.05) is 7.05 Å². The molecule has 0 saturated heterocycles. The minimum atomic E-state index is -4.66. The lowest BCUT2D eigenvalue weighted by Gasteiger charge is -2.23. The van der Waals surface area contributed by atoms with Crippen LogP contribution in [0.2, 0.25) is 5.02 Å². The molecule has 0 aromatic carbocycles. The summed E-state index contributed by atoms with van der Waals surface area (Å²) < 4.78 is 42.7. The molecule has 0 N–H and O–H groups in total. The Hall–Kier alpha value is -2.03. The molecule has 0 radical (unpaired) electrons. The molecular formula is C18H23ClF3N5O. The summed E-state index contributed by atoms with van der Waals surface area (Å²) in [5.41, 5.74) is 1.02. The number of nitrogens with zero attached hydrogens (tertiary/aromatic N) is 5. The first kappa shape index (κ1) is 20.7. The smallest absolute Gasteiger partial charge is 0.339 e. The van der Waals surface area contributed by atoms with E-state index >= 15 is 0 Å². The van der Waals surface area contributed by atoms with Crippen molar-refractivity contribution in [3.05, 3.63) is 33.9 Å². The predicted octanol–water partition coefficient (Wildman–Crippen LogP) is 4.18. The summed E-state index contributed by atoms with van der Waals surface area (Å²) in [6.45, 7) is 6.48. The van der Waals surface area contributed by atoms with Gasteiger partial charge >= 0.3 is 6.18 Å². The normalized spacial score (nSPS) is 15.7. The van der Waals surface area contributed by atoms with E-state index in [0.717, 1.165) is 35.3 Å². The van der Waals surface area contributed by atoms with Gasteiger partial charge in [0.25, 0.3) is 0 Å². The van der Waals surface area contributed by atoms with Crippen LogP contribution in [0.1, 0.15) is 61.3 Å². The van der Waals surface area contributed by atoms with Crippen LogP contribution in [0, 0.1) is 6.92 Å². The van der Waals surface area contributed by atoms with Crippen LogP contribution >= 0.6 is 11.6 Å². The summed E-state index contributed by atoms with van der Waals surface area (Å²) in [6.07, 6.45) is -1.47. The van der Waals surface area contributed by atoms with E-state index in [-0.39, 0.29) is 11.8 Å². The number of aryl methyl sites for hydroxylation is 1. The van der Waals surface area contributed by atoms with Gasteiger partial charge in [-0.2, -0.15) is 23.4 Å². The molecule has 0 spiro atoms. The fourth-order valence-electron chi connectivity index (χ4n) is 3.34. The summed E-state index contributed by atoms with van der Waals surface area (Å²) in [6, 6.07) is -0.893. The number of aromatic nitrogens is 4. The minimum Gasteiger partial charge on any atom is -0.339 e. The maximum absolute atomic E-state index is 13.3. The van der Waals surface area contributed by atoms with Crippen LogP contribution in [0.5, 0.6) is 0 Å². The second-order valence-electron chi connectivity index (χ2n) is 7.21. The lowest BCUT2D eigenvalue weighted by molar-refractivity contribution is -0.142. The number of rotatable bonds is 6. The first-order valence-electron chi connectivity index (χ1n) is 9.17. The van der Waals surface area contributed by atoms with E-state index in [0.29, 0.717) is 12.2 Å². The Kier molecular flexibility index (Phi) is 5.49. The number of hydrogen-bond acceptors (Lipinski definition) is 3. The Labute approximate surface area is 166 Å². The summed E-state index contributed by atoms with van der Waals surface area (Å²) in [4.78, 5) is 14.4. The van der Waals surface area contributed by atoms with Crippen LogP contribution in [-0.2, 0) is 24.1 Å². The number of amides is 1. The molecule has 1 atom stereocenters. The second-order valence-corrected chi connectivity index (χ2v) is 7.58. The van der Waals surface area contributed by atoms with Crippen molar-refractivity contribution >= 4 is 17.5 Å². The molecule has 10 heteroatoms. The van der Waals surface area contributed by atoms with Gasteiger partial charge in [-0.05, 0) is 33.6 Å². The van der Waals surface area contributed by atoms with Gasteiger partial charge in [0.15, 0.2) is 5.69 Å². The van der Waals surface area contributed by atoms with Crippen molar-refractivity contribution < 1.29 is 18.0 Å². The molecular weight excluding hydrogens is 395 g/mol. The van der Waals surface area contributed by atoms with Crippen molar-refractivity contribution in [3.8, 4) is 0 Å². The topological polar surface area (TPSA) is 56.0 Å². The lowest BCUT2D eigenvalue weighted by Crippen LogP contribution is -2.34. The van der Waals surface area contributed by atoms with E-state index in [1.165, 1.54) is 4.90 Å². The van der Waals surface area contributed by atoms with Crippen LogP contribution in [0.15, 0.2) is 6.20 Å². The third-order valence-corrected chi connectivity index (χ3v) is 5.50. The molecule has 6 nitrogen and oxygen atoms in total. The highest BCUT2D eigenvalue weighted by Crippen LogP contribution is 2.47. The Morgan fingerprint density at radius 1 is 1.43 bits per heavy atom. The molecule has 1 fully saturated rings. The Morgan fingerprint density at radius 2 is 2.07 bits per heavy atom. The zero-order valence-electron chi connectivity index (χ0n) is 16.2. The van der Waals surface area contributed by atoms with Gasteiger partial charge in [-0.25, -0.2) is 0 Å². The monoisotopic (exact) mass is 417 g/mol. The number of alkyl halides is 3. The zero-order chi connectivity index (χ0) is 20.8. The number of likely N-dealkylation sites (N-methyl/N-ethyl adjacent to an activating group) is 1. The van der Waals surface area contributed by atoms with E-state index in [1.807, 2.05) is 18.5 Å². The SMILES string of the molecule is CCn1ncc(CN(C)C(=O)[C@@H](C)n2nc(C(F)(F)F)c(Cl)c2C2CC2)c1C. The standard InChI is InChI=1S/C18H23ClF3N5O/c1-5-26-10(2)13(8-23-26)9-25(4)17(28)11(3)27-15(12-6-7-12)14(19)16(24-27)18(20,21)22/h8,11-12H,5-7,9H2,1-4H3/t11-/m1/s1. The minimum absolute atomic E-state index is 0.0818. The van der Waals surface area contributed by atoms with E-state index in [1.54, 1.807) is 20.2 Å². The van der Waals surface area contributed by atoms with Crippen LogP contribution in [0.25, 0.3) is 0 Å². The highest BCUT2D eigenvalue weighted by atomic mass is 35.5. The summed E-state index contributed by atoms with van der Waals surface area (Å²) >= 11 is 6.01. The average Bonchev–Trinajstić information content (AvgIpc) is 3.31. The van der Waals surface area contributed by atoms with Gasteiger partial charge in [-0.1, -0.05) is 11.6 Å². The summed E-state index contributed by atoms with van der Waals surface area (Å²) in [5.74, 6) is -0.417. The van der Waals surface area contributed by atoms with Gasteiger partial charge in [0.2, 0.25) is 5.91 Å². The lowest BCUT2D eigenvalue weighted by atomic mass is 10.2. The molecule has 0 aliphatic heterocycles. The molecule has 1 saturated carbocycles. The second kappa shape index (κ2) is 7.42. The van der Waals surface area contributed by atoms with Gasteiger partial charge in [-0.15, -0.1) is 0 Å². The van der Waals surface area contributed by atoms with Gasteiger partial charge in [-0.3, -0.25) is 14.2 Å². The third-order valence-electron chi connectivity index (χ3n) is 5.13. The van der Waals surface area contributed by atoms with E-state index < -0.39 is 22.9 Å². The van der Waals surface area contributed by atoms with Crippen LogP contribution in [0.4, 0.5) is 13.2 Å². The van der Waals surface area contributed by atoms with Crippen molar-refractivity contribution in [2.45, 2.75) is 64.8 Å². The Bertz CT molecular complexity index is 885. The van der Waals surface area contributed by atoms with Crippen molar-refractivity contribution in [1.29, 1.82) is 0 Å². The Morgan fingerprint density at radius 3 is 2.57 bits per heavy atom. The van der Waals surface area contributed by atoms with Crippen LogP contribution in [-0.4, -0.2) is 37.4 Å². The summed E-state index contributed by atoms with van der Waals surface area (Å²) in [5, 5.41) is 7.55. The summed E-state index contributed by atoms with van der Waals surface area (Å²) in [7, 11) is 1.62. The zero-order valence-corrected chi connectivity index (χ0v) is 17.0. The van der Waals surface area contributed by atoms with Gasteiger partial charge in [0, 0.05) is 37.3 Å². The molecule has 1 amide bonds. The molecule has 28 heavy (non-hydrogen) atoms. The van der Waals surface area contributed by atoms with Gasteiger partial charge < -0.3 is 4.90 Å². The maximum atomic E-state index is 13.3. The first-order chi connectivity index (χ1) is 13.1. The number of carbonyl (C=O) groups is 1. The molecule has 154 valence electrons. The molecule has 2 heterocycles. The average molecular weight is 418 g/mol. The quantitative estimate of drug-likeness (QED) is 0.708. The van der Waals surface area contributed by atoms with Crippen molar-refractivity contribution in [2.24, 2.45) is 0 Å². The van der Waals surface area contributed by atoms with Crippen molar-refractivity contribution in [3.63, 3.8) is 0 Å². The number of halogens is 4. The number of hydrogen-bond donors (Lipinski definition) is 0. The highest BCUT2D eigenvalue weighted by Gasteiger charge is 2.43. The maximum Gasteiger partial charge on any atom is 0.436 e. The molecule has 1 aliphatic carbocycles. The highest BCUT2D eigenvalue weighted by molar-refractivity contribution is 6.32. The first-order valence-corrected chi connectivity index (χ1v) is 9.55. The molecule has 2 aromatic heterocycles. The molecule has 3 rings (SSSR count). The van der Waals surface area contributed by atoms with Gasteiger partial charge in [0.1, 0.15) is 6.04 Å². The van der Waals surface area contributed by atoms with Gasteiger partial charge in [0.05, 0.1) is 16.9 Å². The predicted molar refractivity (Wildman–Crippen MR) is 98.0 cm³/mol. The third kappa shape index (κ3) is 3.76. The van der Waals surface area contributed by atoms with Crippen LogP contribution < -0.4 is 0 Å². The Balaban J connectivity index is 1.85. The van der Waals surface area contributed by atoms with E-state index in [2.05, 4.69) is 10.2 Å².